The van der Waals surface area contributed by atoms with E-state index in [1.807, 2.05) is 21.1 Å². The Morgan fingerprint density at radius 3 is 1.97 bits per heavy atom. The smallest absolute Gasteiger partial charge is 0.303 e. The van der Waals surface area contributed by atoms with Crippen molar-refractivity contribution >= 4 is 13.8 Å². The second-order valence-corrected chi connectivity index (χ2v) is 11.6. The fourth-order valence-electron chi connectivity index (χ4n) is 3.32. The van der Waals surface area contributed by atoms with E-state index in [1.54, 1.807) is 0 Å². The van der Waals surface area contributed by atoms with Crippen molar-refractivity contribution in [2.24, 2.45) is 0 Å². The Kier molecular flexibility index (Phi) is 21.2. The Balaban J connectivity index is 4.16. The van der Waals surface area contributed by atoms with Gasteiger partial charge >= 0.3 is 5.97 Å². The van der Waals surface area contributed by atoms with Crippen LogP contribution in [0.4, 0.5) is 0 Å². The van der Waals surface area contributed by atoms with Gasteiger partial charge in [0, 0.05) is 19.6 Å². The Morgan fingerprint density at radius 2 is 1.40 bits per heavy atom. The summed E-state index contributed by atoms with van der Waals surface area (Å²) in [5, 5.41) is 8.73. The van der Waals surface area contributed by atoms with Gasteiger partial charge in [0.05, 0.1) is 34.4 Å². The third kappa shape index (κ3) is 26.3. The van der Waals surface area contributed by atoms with Crippen molar-refractivity contribution in [3.05, 3.63) is 0 Å². The lowest BCUT2D eigenvalue weighted by atomic mass is 10.1. The predicted octanol–water partition coefficient (Wildman–Crippen LogP) is 4.77. The molecule has 2 atom stereocenters. The Bertz CT molecular complexity index is 556. The summed E-state index contributed by atoms with van der Waals surface area (Å²) in [6.07, 6.45) is 13.0. The first kappa shape index (κ1) is 34.5. The molecule has 0 fully saturated rings. The number of nitrogens with zero attached hydrogens (tertiary/aromatic N) is 1. The first-order valence-electron chi connectivity index (χ1n) is 13.4. The number of rotatable bonds is 26. The molecule has 0 saturated heterocycles. The third-order valence-corrected chi connectivity index (χ3v) is 6.48. The standard InChI is InChI=1S/C25H52NO8P/c1-5-6-7-8-9-10-11-12-13-15-19-31-22-24(32-20-16-14-17-25(27)28)23-34-35(29,30)33-21-18-26(2,3)4/h24H,5-23H2,1-4H3,(H-,27,28,29,30)/t24-/m1/s1. The van der Waals surface area contributed by atoms with Crippen molar-refractivity contribution in [1.29, 1.82) is 0 Å². The minimum absolute atomic E-state index is 0.0419. The van der Waals surface area contributed by atoms with Crippen molar-refractivity contribution in [2.45, 2.75) is 96.5 Å². The molecule has 0 spiro atoms. The number of carbonyl (C=O) groups is 1. The van der Waals surface area contributed by atoms with E-state index in [-0.39, 0.29) is 26.2 Å². The number of carboxylic acids is 1. The van der Waals surface area contributed by atoms with Crippen LogP contribution in [0.2, 0.25) is 0 Å². The van der Waals surface area contributed by atoms with Crippen LogP contribution < -0.4 is 4.89 Å². The summed E-state index contributed by atoms with van der Waals surface area (Å²) < 4.78 is 34.1. The molecular formula is C25H52NO8P. The van der Waals surface area contributed by atoms with E-state index >= 15 is 0 Å². The number of aliphatic carboxylic acids is 1. The van der Waals surface area contributed by atoms with Gasteiger partial charge < -0.3 is 33.0 Å². The molecule has 0 radical (unpaired) electrons. The van der Waals surface area contributed by atoms with Crippen molar-refractivity contribution in [3.63, 3.8) is 0 Å². The van der Waals surface area contributed by atoms with Gasteiger partial charge in [0.25, 0.3) is 7.82 Å². The van der Waals surface area contributed by atoms with Gasteiger partial charge in [0.15, 0.2) is 0 Å². The molecule has 0 aromatic carbocycles. The van der Waals surface area contributed by atoms with Crippen LogP contribution in [-0.4, -0.2) is 82.4 Å². The molecule has 10 heteroatoms. The fraction of sp³-hybridized carbons (Fsp3) is 0.960. The van der Waals surface area contributed by atoms with E-state index in [0.717, 1.165) is 12.8 Å². The van der Waals surface area contributed by atoms with Crippen LogP contribution in [0.25, 0.3) is 0 Å². The molecule has 0 aliphatic heterocycles. The summed E-state index contributed by atoms with van der Waals surface area (Å²) >= 11 is 0. The van der Waals surface area contributed by atoms with Gasteiger partial charge in [0.1, 0.15) is 19.3 Å². The highest BCUT2D eigenvalue weighted by molar-refractivity contribution is 7.45. The number of quaternary nitrogens is 1. The van der Waals surface area contributed by atoms with E-state index in [9.17, 15) is 14.3 Å². The Morgan fingerprint density at radius 1 is 0.829 bits per heavy atom. The highest BCUT2D eigenvalue weighted by Gasteiger charge is 2.18. The lowest BCUT2D eigenvalue weighted by molar-refractivity contribution is -0.870. The van der Waals surface area contributed by atoms with Crippen molar-refractivity contribution in [2.75, 3.05) is 60.7 Å². The van der Waals surface area contributed by atoms with Crippen LogP contribution in [0.1, 0.15) is 90.4 Å². The monoisotopic (exact) mass is 525 g/mol. The van der Waals surface area contributed by atoms with E-state index in [1.165, 1.54) is 51.4 Å². The molecule has 0 saturated carbocycles. The molecule has 35 heavy (non-hydrogen) atoms. The molecule has 0 amide bonds. The van der Waals surface area contributed by atoms with Crippen molar-refractivity contribution < 1.29 is 42.4 Å². The molecule has 0 aliphatic rings. The van der Waals surface area contributed by atoms with E-state index < -0.39 is 19.9 Å². The summed E-state index contributed by atoms with van der Waals surface area (Å²) in [6, 6.07) is 0. The number of ether oxygens (including phenoxy) is 2. The largest absolute Gasteiger partial charge is 0.756 e. The quantitative estimate of drug-likeness (QED) is 0.0976. The zero-order valence-corrected chi connectivity index (χ0v) is 23.6. The summed E-state index contributed by atoms with van der Waals surface area (Å²) in [4.78, 5) is 22.7. The minimum atomic E-state index is -4.43. The molecule has 0 aromatic rings. The normalized spacial score (nSPS) is 14.7. The van der Waals surface area contributed by atoms with Crippen LogP contribution in [0.5, 0.6) is 0 Å². The Hall–Kier alpha value is -0.540. The Labute approximate surface area is 213 Å². The highest BCUT2D eigenvalue weighted by Crippen LogP contribution is 2.38. The first-order valence-corrected chi connectivity index (χ1v) is 14.8. The first-order chi connectivity index (χ1) is 16.6. The second-order valence-electron chi connectivity index (χ2n) is 10.2. The summed E-state index contributed by atoms with van der Waals surface area (Å²) in [6.45, 7) is 3.73. The molecule has 0 aliphatic carbocycles. The van der Waals surface area contributed by atoms with Crippen LogP contribution in [0.15, 0.2) is 0 Å². The zero-order valence-electron chi connectivity index (χ0n) is 22.7. The second kappa shape index (κ2) is 21.5. The lowest BCUT2D eigenvalue weighted by Gasteiger charge is -2.28. The number of phosphoric acid groups is 1. The maximum Gasteiger partial charge on any atom is 0.303 e. The highest BCUT2D eigenvalue weighted by atomic mass is 31.2. The zero-order chi connectivity index (χ0) is 26.4. The van der Waals surface area contributed by atoms with Gasteiger partial charge in [-0.05, 0) is 19.3 Å². The number of hydrogen-bond acceptors (Lipinski definition) is 7. The fourth-order valence-corrected chi connectivity index (χ4v) is 4.05. The molecule has 0 bridgehead atoms. The SMILES string of the molecule is CCCCCCCCCCCCOC[C@H](COP(=O)([O-])OCC[N+](C)(C)C)OCCCCC(=O)O. The molecule has 9 nitrogen and oxygen atoms in total. The van der Waals surface area contributed by atoms with Gasteiger partial charge in [-0.2, -0.15) is 0 Å². The predicted molar refractivity (Wildman–Crippen MR) is 136 cm³/mol. The average Bonchev–Trinajstić information content (AvgIpc) is 2.76. The molecular weight excluding hydrogens is 473 g/mol. The van der Waals surface area contributed by atoms with Gasteiger partial charge in [-0.3, -0.25) is 9.36 Å². The van der Waals surface area contributed by atoms with Crippen LogP contribution in [-0.2, 0) is 27.9 Å². The number of carboxylic acid groups (broad SMARTS) is 1. The average molecular weight is 526 g/mol. The van der Waals surface area contributed by atoms with Gasteiger partial charge in [-0.1, -0.05) is 64.7 Å². The lowest BCUT2D eigenvalue weighted by Crippen LogP contribution is -2.37. The van der Waals surface area contributed by atoms with Gasteiger partial charge in [0.2, 0.25) is 0 Å². The summed E-state index contributed by atoms with van der Waals surface area (Å²) in [5.41, 5.74) is 0. The van der Waals surface area contributed by atoms with Crippen molar-refractivity contribution in [1.82, 2.24) is 0 Å². The molecule has 0 aromatic heterocycles. The van der Waals surface area contributed by atoms with Crippen LogP contribution >= 0.6 is 7.82 Å². The maximum atomic E-state index is 12.1. The maximum absolute atomic E-state index is 12.1. The number of unbranched alkanes of at least 4 members (excludes halogenated alkanes) is 10. The summed E-state index contributed by atoms with van der Waals surface area (Å²) in [7, 11) is 1.40. The molecule has 0 rings (SSSR count). The van der Waals surface area contributed by atoms with E-state index in [4.69, 9.17) is 23.6 Å². The third-order valence-electron chi connectivity index (χ3n) is 5.51. The van der Waals surface area contributed by atoms with E-state index in [2.05, 4.69) is 6.92 Å². The molecule has 1 unspecified atom stereocenters. The summed E-state index contributed by atoms with van der Waals surface area (Å²) in [5.74, 6) is -0.844. The number of likely N-dealkylation sites (N-methyl/N-ethyl adjacent to an activating group) is 1. The van der Waals surface area contributed by atoms with Gasteiger partial charge in [-0.25, -0.2) is 0 Å². The van der Waals surface area contributed by atoms with Crippen LogP contribution in [0.3, 0.4) is 0 Å². The minimum Gasteiger partial charge on any atom is -0.756 e. The number of hydrogen-bond donors (Lipinski definition) is 1. The van der Waals surface area contributed by atoms with Crippen LogP contribution in [0, 0.1) is 0 Å². The van der Waals surface area contributed by atoms with Crippen molar-refractivity contribution in [3.8, 4) is 0 Å². The van der Waals surface area contributed by atoms with Gasteiger partial charge in [-0.15, -0.1) is 0 Å². The van der Waals surface area contributed by atoms with E-state index in [0.29, 0.717) is 37.1 Å². The molecule has 1 N–H and O–H groups in total. The number of phosphoric ester groups is 1. The molecule has 210 valence electrons. The topological polar surface area (TPSA) is 114 Å². The molecule has 0 heterocycles.